The average Bonchev–Trinajstić information content (AvgIpc) is 2.37. The van der Waals surface area contributed by atoms with E-state index >= 15 is 0 Å². The number of aliphatic carboxylic acids is 1. The number of carboxylic acids is 1. The molecule has 0 aliphatic carbocycles. The highest BCUT2D eigenvalue weighted by atomic mass is 32.1. The summed E-state index contributed by atoms with van der Waals surface area (Å²) in [6.07, 6.45) is 0. The van der Waals surface area contributed by atoms with Crippen LogP contribution in [0, 0.1) is 0 Å². The Morgan fingerprint density at radius 3 is 2.58 bits per heavy atom. The van der Waals surface area contributed by atoms with E-state index in [4.69, 9.17) is 10.8 Å². The number of thiophene rings is 1. The molecule has 1 aromatic rings. The van der Waals surface area contributed by atoms with E-state index in [2.05, 4.69) is 0 Å². The Bertz CT molecular complexity index is 280. The van der Waals surface area contributed by atoms with Crippen molar-refractivity contribution in [2.45, 2.75) is 5.92 Å². The second-order valence-electron chi connectivity index (χ2n) is 2.23. The van der Waals surface area contributed by atoms with Gasteiger partial charge in [0.1, 0.15) is 0 Å². The van der Waals surface area contributed by atoms with Gasteiger partial charge in [-0.15, -0.1) is 0 Å². The first-order valence-electron chi connectivity index (χ1n) is 3.17. The summed E-state index contributed by atoms with van der Waals surface area (Å²) in [5.74, 6) is -3.25. The van der Waals surface area contributed by atoms with Crippen molar-refractivity contribution in [3.05, 3.63) is 22.4 Å². The third-order valence-corrected chi connectivity index (χ3v) is 2.11. The summed E-state index contributed by atoms with van der Waals surface area (Å²) in [6, 6.07) is 1.58. The number of hydrogen-bond donors (Lipinski definition) is 2. The molecule has 5 heteroatoms. The van der Waals surface area contributed by atoms with E-state index in [1.54, 1.807) is 16.8 Å². The maximum atomic E-state index is 10.7. The SMILES string of the molecule is NC(=O)[C@H](C(=O)O)c1ccsc1. The molecule has 0 saturated carbocycles. The Kier molecular flexibility index (Phi) is 2.44. The first kappa shape index (κ1) is 8.73. The van der Waals surface area contributed by atoms with Gasteiger partial charge in [-0.3, -0.25) is 9.59 Å². The number of carboxylic acid groups (broad SMARTS) is 1. The molecule has 64 valence electrons. The molecule has 0 spiro atoms. The lowest BCUT2D eigenvalue weighted by Crippen LogP contribution is -2.27. The van der Waals surface area contributed by atoms with Gasteiger partial charge in [-0.25, -0.2) is 0 Å². The fourth-order valence-corrected chi connectivity index (χ4v) is 1.55. The van der Waals surface area contributed by atoms with Crippen LogP contribution in [0.2, 0.25) is 0 Å². The average molecular weight is 185 g/mol. The number of carbonyl (C=O) groups is 2. The molecule has 0 aliphatic rings. The second-order valence-corrected chi connectivity index (χ2v) is 3.01. The van der Waals surface area contributed by atoms with Crippen molar-refractivity contribution in [1.29, 1.82) is 0 Å². The van der Waals surface area contributed by atoms with Gasteiger partial charge < -0.3 is 10.8 Å². The van der Waals surface area contributed by atoms with Crippen LogP contribution in [-0.4, -0.2) is 17.0 Å². The monoisotopic (exact) mass is 185 g/mol. The van der Waals surface area contributed by atoms with E-state index in [1.165, 1.54) is 11.3 Å². The molecule has 12 heavy (non-hydrogen) atoms. The van der Waals surface area contributed by atoms with Gasteiger partial charge in [0.2, 0.25) is 5.91 Å². The third kappa shape index (κ3) is 1.62. The van der Waals surface area contributed by atoms with E-state index in [9.17, 15) is 9.59 Å². The zero-order valence-corrected chi connectivity index (χ0v) is 6.88. The van der Waals surface area contributed by atoms with Crippen LogP contribution in [0.1, 0.15) is 11.5 Å². The molecule has 1 rings (SSSR count). The smallest absolute Gasteiger partial charge is 0.320 e. The Hall–Kier alpha value is -1.36. The molecule has 0 radical (unpaired) electrons. The van der Waals surface area contributed by atoms with Gasteiger partial charge in [0.05, 0.1) is 0 Å². The highest BCUT2D eigenvalue weighted by Crippen LogP contribution is 2.18. The van der Waals surface area contributed by atoms with Crippen molar-refractivity contribution in [2.24, 2.45) is 5.73 Å². The number of hydrogen-bond acceptors (Lipinski definition) is 3. The van der Waals surface area contributed by atoms with E-state index in [0.29, 0.717) is 5.56 Å². The van der Waals surface area contributed by atoms with Crippen molar-refractivity contribution < 1.29 is 14.7 Å². The molecule has 1 heterocycles. The fourth-order valence-electron chi connectivity index (χ4n) is 0.868. The van der Waals surface area contributed by atoms with Gasteiger partial charge in [0.25, 0.3) is 0 Å². The molecule has 0 aromatic carbocycles. The number of rotatable bonds is 3. The lowest BCUT2D eigenvalue weighted by atomic mass is 10.0. The minimum atomic E-state index is -1.21. The molecule has 1 aromatic heterocycles. The number of nitrogens with two attached hydrogens (primary N) is 1. The molecule has 3 N–H and O–H groups in total. The van der Waals surface area contributed by atoms with E-state index in [-0.39, 0.29) is 0 Å². The maximum absolute atomic E-state index is 10.7. The third-order valence-electron chi connectivity index (χ3n) is 1.41. The minimum absolute atomic E-state index is 0.444. The van der Waals surface area contributed by atoms with Crippen LogP contribution in [-0.2, 0) is 9.59 Å². The lowest BCUT2D eigenvalue weighted by molar-refractivity contribution is -0.142. The standard InChI is InChI=1S/C7H7NO3S/c8-6(9)5(7(10)11)4-1-2-12-3-4/h1-3,5H,(H2,8,9)(H,10,11)/t5-/m1/s1. The summed E-state index contributed by atoms with van der Waals surface area (Å²) in [5.41, 5.74) is 5.36. The molecule has 0 unspecified atom stereocenters. The van der Waals surface area contributed by atoms with Crippen LogP contribution in [0.4, 0.5) is 0 Å². The van der Waals surface area contributed by atoms with Crippen LogP contribution in [0.3, 0.4) is 0 Å². The minimum Gasteiger partial charge on any atom is -0.480 e. The molecule has 0 saturated heterocycles. The zero-order chi connectivity index (χ0) is 9.14. The summed E-state index contributed by atoms with van der Waals surface area (Å²) in [5, 5.41) is 11.9. The van der Waals surface area contributed by atoms with Crippen LogP contribution in [0.15, 0.2) is 16.8 Å². The van der Waals surface area contributed by atoms with Crippen molar-refractivity contribution in [1.82, 2.24) is 0 Å². The predicted octanol–water partition coefficient (Wildman–Crippen LogP) is 0.402. The molecular formula is C7H7NO3S. The van der Waals surface area contributed by atoms with Crippen molar-refractivity contribution in [3.63, 3.8) is 0 Å². The van der Waals surface area contributed by atoms with Crippen molar-refractivity contribution in [2.75, 3.05) is 0 Å². The van der Waals surface area contributed by atoms with Crippen LogP contribution in [0.5, 0.6) is 0 Å². The number of primary amides is 1. The molecule has 4 nitrogen and oxygen atoms in total. The maximum Gasteiger partial charge on any atom is 0.320 e. The van der Waals surface area contributed by atoms with Gasteiger partial charge >= 0.3 is 5.97 Å². The molecule has 0 fully saturated rings. The highest BCUT2D eigenvalue weighted by molar-refractivity contribution is 7.08. The normalized spacial score (nSPS) is 12.3. The lowest BCUT2D eigenvalue weighted by Gasteiger charge is -2.04. The molecule has 0 bridgehead atoms. The van der Waals surface area contributed by atoms with Gasteiger partial charge in [-0.1, -0.05) is 0 Å². The predicted molar refractivity (Wildman–Crippen MR) is 43.9 cm³/mol. The Labute approximate surface area is 72.6 Å². The van der Waals surface area contributed by atoms with Crippen molar-refractivity contribution in [3.8, 4) is 0 Å². The highest BCUT2D eigenvalue weighted by Gasteiger charge is 2.25. The first-order valence-corrected chi connectivity index (χ1v) is 4.11. The summed E-state index contributed by atoms with van der Waals surface area (Å²) in [7, 11) is 0. The van der Waals surface area contributed by atoms with Gasteiger partial charge in [-0.05, 0) is 22.4 Å². The summed E-state index contributed by atoms with van der Waals surface area (Å²) in [6.45, 7) is 0. The van der Waals surface area contributed by atoms with Gasteiger partial charge in [-0.2, -0.15) is 11.3 Å². The first-order chi connectivity index (χ1) is 5.63. The van der Waals surface area contributed by atoms with Crippen LogP contribution < -0.4 is 5.73 Å². The van der Waals surface area contributed by atoms with Crippen LogP contribution >= 0.6 is 11.3 Å². The Morgan fingerprint density at radius 2 is 2.25 bits per heavy atom. The Morgan fingerprint density at radius 1 is 1.58 bits per heavy atom. The van der Waals surface area contributed by atoms with Gasteiger partial charge in [0.15, 0.2) is 5.92 Å². The largest absolute Gasteiger partial charge is 0.480 e. The summed E-state index contributed by atoms with van der Waals surface area (Å²) >= 11 is 1.33. The molecule has 1 amide bonds. The zero-order valence-electron chi connectivity index (χ0n) is 6.06. The van der Waals surface area contributed by atoms with E-state index in [0.717, 1.165) is 0 Å². The Balaban J connectivity index is 2.96. The number of carbonyl (C=O) groups excluding carboxylic acids is 1. The van der Waals surface area contributed by atoms with Crippen LogP contribution in [0.25, 0.3) is 0 Å². The molecular weight excluding hydrogens is 178 g/mol. The van der Waals surface area contributed by atoms with E-state index in [1.807, 2.05) is 0 Å². The van der Waals surface area contributed by atoms with E-state index < -0.39 is 17.8 Å². The molecule has 0 aliphatic heterocycles. The quantitative estimate of drug-likeness (QED) is 0.669. The summed E-state index contributed by atoms with van der Waals surface area (Å²) in [4.78, 5) is 21.2. The topological polar surface area (TPSA) is 80.4 Å². The summed E-state index contributed by atoms with van der Waals surface area (Å²) < 4.78 is 0. The number of amides is 1. The second kappa shape index (κ2) is 3.36. The van der Waals surface area contributed by atoms with Crippen molar-refractivity contribution >= 4 is 23.2 Å². The fraction of sp³-hybridized carbons (Fsp3) is 0.143. The van der Waals surface area contributed by atoms with Gasteiger partial charge in [0, 0.05) is 0 Å². The molecule has 1 atom stereocenters.